The summed E-state index contributed by atoms with van der Waals surface area (Å²) >= 11 is 0. The van der Waals surface area contributed by atoms with Crippen LogP contribution in [0.2, 0.25) is 0 Å². The van der Waals surface area contributed by atoms with Crippen LogP contribution in [-0.4, -0.2) is 19.6 Å². The van der Waals surface area contributed by atoms with Crippen LogP contribution in [0.1, 0.15) is 12.8 Å². The van der Waals surface area contributed by atoms with Gasteiger partial charge in [0.05, 0.1) is 5.69 Å². The maximum Gasteiger partial charge on any atom is 0.181 e. The van der Waals surface area contributed by atoms with Gasteiger partial charge in [0.25, 0.3) is 0 Å². The lowest BCUT2D eigenvalue weighted by molar-refractivity contribution is 0.392. The molecule has 1 aromatic carbocycles. The Morgan fingerprint density at radius 2 is 2.25 bits per heavy atom. The second-order valence-corrected chi connectivity index (χ2v) is 4.19. The van der Waals surface area contributed by atoms with Crippen molar-refractivity contribution in [2.45, 2.75) is 12.8 Å². The van der Waals surface area contributed by atoms with Crippen molar-refractivity contribution in [1.29, 1.82) is 0 Å². The molecule has 0 aliphatic carbocycles. The van der Waals surface area contributed by atoms with E-state index in [-0.39, 0.29) is 5.69 Å². The van der Waals surface area contributed by atoms with Gasteiger partial charge in [0.2, 0.25) is 0 Å². The molecule has 0 bridgehead atoms. The fraction of sp³-hybridized carbons (Fsp3) is 0.500. The summed E-state index contributed by atoms with van der Waals surface area (Å²) in [6.45, 7) is 2.70. The molecule has 2 rings (SSSR count). The van der Waals surface area contributed by atoms with Gasteiger partial charge >= 0.3 is 0 Å². The van der Waals surface area contributed by atoms with Gasteiger partial charge in [-0.25, -0.2) is 8.78 Å². The van der Waals surface area contributed by atoms with E-state index in [1.54, 1.807) is 6.07 Å². The van der Waals surface area contributed by atoms with Gasteiger partial charge in [-0.2, -0.15) is 0 Å². The minimum absolute atomic E-state index is 0.255. The Labute approximate surface area is 94.0 Å². The van der Waals surface area contributed by atoms with Crippen molar-refractivity contribution in [3.63, 3.8) is 0 Å². The molecule has 88 valence electrons. The monoisotopic (exact) mass is 226 g/mol. The van der Waals surface area contributed by atoms with Gasteiger partial charge in [-0.3, -0.25) is 0 Å². The number of hydrogen-bond donors (Lipinski definition) is 2. The Balaban J connectivity index is 1.91. The van der Waals surface area contributed by atoms with Crippen LogP contribution in [0.15, 0.2) is 18.2 Å². The third-order valence-electron chi connectivity index (χ3n) is 2.93. The SMILES string of the molecule is Fc1cccc(NCC2CCCNC2)c1F. The summed E-state index contributed by atoms with van der Waals surface area (Å²) in [5.41, 5.74) is 0.255. The number of piperidine rings is 1. The summed E-state index contributed by atoms with van der Waals surface area (Å²) in [6.07, 6.45) is 2.29. The largest absolute Gasteiger partial charge is 0.382 e. The van der Waals surface area contributed by atoms with Crippen LogP contribution in [0.3, 0.4) is 0 Å². The lowest BCUT2D eigenvalue weighted by atomic mass is 10.00. The minimum Gasteiger partial charge on any atom is -0.382 e. The van der Waals surface area contributed by atoms with E-state index in [0.717, 1.165) is 32.0 Å². The van der Waals surface area contributed by atoms with Crippen molar-refractivity contribution >= 4 is 5.69 Å². The van der Waals surface area contributed by atoms with Crippen molar-refractivity contribution in [2.75, 3.05) is 25.0 Å². The smallest absolute Gasteiger partial charge is 0.181 e. The molecule has 0 radical (unpaired) electrons. The molecule has 0 amide bonds. The molecule has 1 aromatic rings. The van der Waals surface area contributed by atoms with E-state index in [0.29, 0.717) is 12.5 Å². The summed E-state index contributed by atoms with van der Waals surface area (Å²) in [5, 5.41) is 6.26. The molecule has 0 aromatic heterocycles. The maximum atomic E-state index is 13.3. The van der Waals surface area contributed by atoms with E-state index < -0.39 is 11.6 Å². The third-order valence-corrected chi connectivity index (χ3v) is 2.93. The lowest BCUT2D eigenvalue weighted by Crippen LogP contribution is -2.33. The normalized spacial score (nSPS) is 20.8. The molecular formula is C12H16F2N2. The van der Waals surface area contributed by atoms with Crippen LogP contribution in [0.5, 0.6) is 0 Å². The van der Waals surface area contributed by atoms with Gasteiger partial charge in [0.15, 0.2) is 11.6 Å². The van der Waals surface area contributed by atoms with Crippen LogP contribution in [0, 0.1) is 17.6 Å². The van der Waals surface area contributed by atoms with Gasteiger partial charge in [0, 0.05) is 6.54 Å². The highest BCUT2D eigenvalue weighted by molar-refractivity contribution is 5.44. The molecule has 2 N–H and O–H groups in total. The Hall–Kier alpha value is -1.16. The highest BCUT2D eigenvalue weighted by Crippen LogP contribution is 2.18. The summed E-state index contributed by atoms with van der Waals surface area (Å²) in [4.78, 5) is 0. The van der Waals surface area contributed by atoms with Crippen molar-refractivity contribution < 1.29 is 8.78 Å². The number of halogens is 2. The number of nitrogens with one attached hydrogen (secondary N) is 2. The van der Waals surface area contributed by atoms with E-state index >= 15 is 0 Å². The topological polar surface area (TPSA) is 24.1 Å². The first-order valence-corrected chi connectivity index (χ1v) is 5.66. The predicted octanol–water partition coefficient (Wildman–Crippen LogP) is 2.38. The summed E-state index contributed by atoms with van der Waals surface area (Å²) < 4.78 is 26.2. The number of rotatable bonds is 3. The molecule has 1 unspecified atom stereocenters. The molecule has 16 heavy (non-hydrogen) atoms. The van der Waals surface area contributed by atoms with Crippen LogP contribution >= 0.6 is 0 Å². The Morgan fingerprint density at radius 3 is 3.00 bits per heavy atom. The molecule has 1 saturated heterocycles. The molecule has 1 aliphatic rings. The lowest BCUT2D eigenvalue weighted by Gasteiger charge is -2.23. The molecule has 0 spiro atoms. The fourth-order valence-electron chi connectivity index (χ4n) is 1.99. The van der Waals surface area contributed by atoms with Crippen LogP contribution < -0.4 is 10.6 Å². The van der Waals surface area contributed by atoms with E-state index in [9.17, 15) is 8.78 Å². The second-order valence-electron chi connectivity index (χ2n) is 4.19. The number of benzene rings is 1. The van der Waals surface area contributed by atoms with Crippen LogP contribution in [0.25, 0.3) is 0 Å². The molecule has 1 fully saturated rings. The molecule has 1 aliphatic heterocycles. The summed E-state index contributed by atoms with van der Waals surface area (Å²) in [7, 11) is 0. The Morgan fingerprint density at radius 1 is 1.38 bits per heavy atom. The minimum atomic E-state index is -0.799. The van der Waals surface area contributed by atoms with Crippen molar-refractivity contribution in [3.05, 3.63) is 29.8 Å². The van der Waals surface area contributed by atoms with Gasteiger partial charge in [0.1, 0.15) is 0 Å². The average molecular weight is 226 g/mol. The Bertz CT molecular complexity index is 349. The van der Waals surface area contributed by atoms with Crippen molar-refractivity contribution in [1.82, 2.24) is 5.32 Å². The van der Waals surface area contributed by atoms with Crippen LogP contribution in [-0.2, 0) is 0 Å². The molecule has 4 heteroatoms. The standard InChI is InChI=1S/C12H16F2N2/c13-10-4-1-5-11(12(10)14)16-8-9-3-2-6-15-7-9/h1,4-5,9,15-16H,2-3,6-8H2. The zero-order chi connectivity index (χ0) is 11.4. The first kappa shape index (κ1) is 11.3. The Kier molecular flexibility index (Phi) is 3.72. The number of hydrogen-bond acceptors (Lipinski definition) is 2. The fourth-order valence-corrected chi connectivity index (χ4v) is 1.99. The number of anilines is 1. The second kappa shape index (κ2) is 5.25. The zero-order valence-electron chi connectivity index (χ0n) is 9.10. The van der Waals surface area contributed by atoms with Crippen molar-refractivity contribution in [3.8, 4) is 0 Å². The first-order chi connectivity index (χ1) is 7.77. The quantitative estimate of drug-likeness (QED) is 0.826. The van der Waals surface area contributed by atoms with E-state index in [2.05, 4.69) is 10.6 Å². The molecule has 2 nitrogen and oxygen atoms in total. The van der Waals surface area contributed by atoms with Gasteiger partial charge in [-0.15, -0.1) is 0 Å². The van der Waals surface area contributed by atoms with E-state index in [4.69, 9.17) is 0 Å². The average Bonchev–Trinajstić information content (AvgIpc) is 2.32. The molecular weight excluding hydrogens is 210 g/mol. The zero-order valence-corrected chi connectivity index (χ0v) is 9.10. The van der Waals surface area contributed by atoms with Gasteiger partial charge in [-0.05, 0) is 44.0 Å². The maximum absolute atomic E-state index is 13.3. The highest BCUT2D eigenvalue weighted by Gasteiger charge is 2.14. The van der Waals surface area contributed by atoms with E-state index in [1.807, 2.05) is 0 Å². The predicted molar refractivity (Wildman–Crippen MR) is 60.4 cm³/mol. The first-order valence-electron chi connectivity index (χ1n) is 5.66. The molecule has 0 saturated carbocycles. The van der Waals surface area contributed by atoms with E-state index in [1.165, 1.54) is 6.07 Å². The third kappa shape index (κ3) is 2.70. The summed E-state index contributed by atoms with van der Waals surface area (Å²) in [6, 6.07) is 4.21. The van der Waals surface area contributed by atoms with Gasteiger partial charge < -0.3 is 10.6 Å². The molecule has 1 heterocycles. The highest BCUT2D eigenvalue weighted by atomic mass is 19.2. The van der Waals surface area contributed by atoms with Gasteiger partial charge in [-0.1, -0.05) is 6.07 Å². The van der Waals surface area contributed by atoms with Crippen LogP contribution in [0.4, 0.5) is 14.5 Å². The molecule has 1 atom stereocenters. The summed E-state index contributed by atoms with van der Waals surface area (Å²) in [5.74, 6) is -1.09. The van der Waals surface area contributed by atoms with Crippen molar-refractivity contribution in [2.24, 2.45) is 5.92 Å².